The van der Waals surface area contributed by atoms with Gasteiger partial charge >= 0.3 is 0 Å². The molecule has 106 valence electrons. The molecule has 1 saturated heterocycles. The number of hydrogen-bond donors (Lipinski definition) is 1. The van der Waals surface area contributed by atoms with E-state index in [1.165, 1.54) is 44.3 Å². The monoisotopic (exact) mass is 269 g/mol. The van der Waals surface area contributed by atoms with Gasteiger partial charge in [-0.2, -0.15) is 5.26 Å². The minimum Gasteiger partial charge on any atom is -0.313 e. The van der Waals surface area contributed by atoms with Gasteiger partial charge < -0.3 is 5.32 Å². The van der Waals surface area contributed by atoms with E-state index >= 15 is 0 Å². The van der Waals surface area contributed by atoms with Crippen molar-refractivity contribution in [2.75, 3.05) is 19.6 Å². The topological polar surface area (TPSA) is 39.1 Å². The summed E-state index contributed by atoms with van der Waals surface area (Å²) in [6, 6.07) is 10.9. The summed E-state index contributed by atoms with van der Waals surface area (Å²) in [5.41, 5.74) is 2.04. The van der Waals surface area contributed by atoms with Gasteiger partial charge in [-0.05, 0) is 55.8 Å². The molecule has 1 aromatic carbocycles. The van der Waals surface area contributed by atoms with Crippen LogP contribution < -0.4 is 5.32 Å². The van der Waals surface area contributed by atoms with E-state index in [1.54, 1.807) is 0 Å². The zero-order chi connectivity index (χ0) is 13.8. The Morgan fingerprint density at radius 1 is 1.25 bits per heavy atom. The Morgan fingerprint density at radius 3 is 2.85 bits per heavy atom. The number of hydrogen-bond acceptors (Lipinski definition) is 3. The SMILES string of the molecule is N#Cc1cccc(CN(CC2CC2)CC2CCCN2)c1. The van der Waals surface area contributed by atoms with E-state index in [0.29, 0.717) is 6.04 Å². The molecule has 1 unspecified atom stereocenters. The predicted molar refractivity (Wildman–Crippen MR) is 80.2 cm³/mol. The van der Waals surface area contributed by atoms with Crippen molar-refractivity contribution in [3.8, 4) is 6.07 Å². The van der Waals surface area contributed by atoms with Crippen molar-refractivity contribution in [3.05, 3.63) is 35.4 Å². The zero-order valence-corrected chi connectivity index (χ0v) is 12.0. The molecule has 0 bridgehead atoms. The molecule has 0 aromatic heterocycles. The van der Waals surface area contributed by atoms with Crippen LogP contribution in [0.25, 0.3) is 0 Å². The summed E-state index contributed by atoms with van der Waals surface area (Å²) in [5.74, 6) is 0.913. The number of nitriles is 1. The number of nitrogens with one attached hydrogen (secondary N) is 1. The van der Waals surface area contributed by atoms with E-state index in [-0.39, 0.29) is 0 Å². The number of rotatable bonds is 6. The molecule has 1 aliphatic carbocycles. The first kappa shape index (κ1) is 13.6. The van der Waals surface area contributed by atoms with Gasteiger partial charge in [-0.3, -0.25) is 4.90 Å². The van der Waals surface area contributed by atoms with Gasteiger partial charge in [0.05, 0.1) is 11.6 Å². The van der Waals surface area contributed by atoms with Gasteiger partial charge in [-0.1, -0.05) is 12.1 Å². The van der Waals surface area contributed by atoms with Crippen LogP contribution in [0, 0.1) is 17.2 Å². The van der Waals surface area contributed by atoms with Crippen molar-refractivity contribution in [2.45, 2.75) is 38.3 Å². The predicted octanol–water partition coefficient (Wildman–Crippen LogP) is 2.52. The van der Waals surface area contributed by atoms with Crippen LogP contribution in [-0.2, 0) is 6.54 Å². The fraction of sp³-hybridized carbons (Fsp3) is 0.588. The highest BCUT2D eigenvalue weighted by Crippen LogP contribution is 2.30. The van der Waals surface area contributed by atoms with Crippen molar-refractivity contribution in [1.29, 1.82) is 5.26 Å². The highest BCUT2D eigenvalue weighted by atomic mass is 15.2. The first-order chi connectivity index (χ1) is 9.83. The molecule has 1 aliphatic heterocycles. The minimum absolute atomic E-state index is 0.660. The van der Waals surface area contributed by atoms with Gasteiger partial charge in [0.15, 0.2) is 0 Å². The van der Waals surface area contributed by atoms with E-state index in [1.807, 2.05) is 18.2 Å². The molecular weight excluding hydrogens is 246 g/mol. The molecule has 0 spiro atoms. The summed E-state index contributed by atoms with van der Waals surface area (Å²) >= 11 is 0. The lowest BCUT2D eigenvalue weighted by Gasteiger charge is -2.25. The molecular formula is C17H23N3. The van der Waals surface area contributed by atoms with Crippen LogP contribution >= 0.6 is 0 Å². The maximum absolute atomic E-state index is 9.01. The average molecular weight is 269 g/mol. The van der Waals surface area contributed by atoms with Gasteiger partial charge in [0.2, 0.25) is 0 Å². The second-order valence-electron chi connectivity index (χ2n) is 6.24. The summed E-state index contributed by atoms with van der Waals surface area (Å²) in [6.45, 7) is 4.51. The summed E-state index contributed by atoms with van der Waals surface area (Å²) in [7, 11) is 0. The molecule has 20 heavy (non-hydrogen) atoms. The Morgan fingerprint density at radius 2 is 2.15 bits per heavy atom. The molecule has 0 amide bonds. The highest BCUT2D eigenvalue weighted by Gasteiger charge is 2.26. The molecule has 3 heteroatoms. The smallest absolute Gasteiger partial charge is 0.0991 e. The minimum atomic E-state index is 0.660. The third-order valence-electron chi connectivity index (χ3n) is 4.32. The van der Waals surface area contributed by atoms with Crippen LogP contribution in [0.4, 0.5) is 0 Å². The van der Waals surface area contributed by atoms with E-state index in [4.69, 9.17) is 5.26 Å². The molecule has 0 radical (unpaired) electrons. The first-order valence-electron chi connectivity index (χ1n) is 7.78. The quantitative estimate of drug-likeness (QED) is 0.862. The van der Waals surface area contributed by atoms with E-state index in [0.717, 1.165) is 24.6 Å². The lowest BCUT2D eigenvalue weighted by molar-refractivity contribution is 0.232. The Balaban J connectivity index is 1.63. The average Bonchev–Trinajstić information content (AvgIpc) is 3.12. The molecule has 1 aromatic rings. The summed E-state index contributed by atoms with van der Waals surface area (Å²) < 4.78 is 0. The van der Waals surface area contributed by atoms with Gasteiger partial charge in [-0.15, -0.1) is 0 Å². The maximum Gasteiger partial charge on any atom is 0.0991 e. The Kier molecular flexibility index (Phi) is 4.34. The fourth-order valence-corrected chi connectivity index (χ4v) is 3.09. The lowest BCUT2D eigenvalue weighted by atomic mass is 10.1. The second kappa shape index (κ2) is 6.39. The van der Waals surface area contributed by atoms with Crippen LogP contribution in [0.3, 0.4) is 0 Å². The lowest BCUT2D eigenvalue weighted by Crippen LogP contribution is -2.38. The van der Waals surface area contributed by atoms with Gasteiger partial charge in [-0.25, -0.2) is 0 Å². The van der Waals surface area contributed by atoms with E-state index in [9.17, 15) is 0 Å². The zero-order valence-electron chi connectivity index (χ0n) is 12.0. The first-order valence-corrected chi connectivity index (χ1v) is 7.78. The summed E-state index contributed by atoms with van der Waals surface area (Å²) in [6.07, 6.45) is 5.41. The van der Waals surface area contributed by atoms with Gasteiger partial charge in [0, 0.05) is 25.7 Å². The van der Waals surface area contributed by atoms with Crippen LogP contribution in [0.15, 0.2) is 24.3 Å². The van der Waals surface area contributed by atoms with Crippen molar-refractivity contribution in [2.24, 2.45) is 5.92 Å². The normalized spacial score (nSPS) is 22.1. The highest BCUT2D eigenvalue weighted by molar-refractivity contribution is 5.32. The Labute approximate surface area is 121 Å². The van der Waals surface area contributed by atoms with E-state index in [2.05, 4.69) is 22.4 Å². The second-order valence-corrected chi connectivity index (χ2v) is 6.24. The molecule has 1 atom stereocenters. The van der Waals surface area contributed by atoms with Crippen LogP contribution in [0.2, 0.25) is 0 Å². The number of benzene rings is 1. The largest absolute Gasteiger partial charge is 0.313 e. The standard InChI is InChI=1S/C17H23N3/c18-10-15-3-1-4-16(9-15)12-20(11-14-6-7-14)13-17-5-2-8-19-17/h1,3-4,9,14,17,19H,2,5-8,11-13H2. The summed E-state index contributed by atoms with van der Waals surface area (Å²) in [5, 5.41) is 12.6. The van der Waals surface area contributed by atoms with Crippen molar-refractivity contribution < 1.29 is 0 Å². The maximum atomic E-state index is 9.01. The molecule has 1 saturated carbocycles. The van der Waals surface area contributed by atoms with Gasteiger partial charge in [0.25, 0.3) is 0 Å². The van der Waals surface area contributed by atoms with Gasteiger partial charge in [0.1, 0.15) is 0 Å². The van der Waals surface area contributed by atoms with Crippen molar-refractivity contribution in [1.82, 2.24) is 10.2 Å². The molecule has 2 aliphatic rings. The Hall–Kier alpha value is -1.37. The Bertz CT molecular complexity index is 481. The molecule has 1 heterocycles. The molecule has 2 fully saturated rings. The summed E-state index contributed by atoms with van der Waals surface area (Å²) in [4.78, 5) is 2.58. The van der Waals surface area contributed by atoms with E-state index < -0.39 is 0 Å². The molecule has 3 nitrogen and oxygen atoms in total. The van der Waals surface area contributed by atoms with Crippen LogP contribution in [0.5, 0.6) is 0 Å². The van der Waals surface area contributed by atoms with Crippen LogP contribution in [-0.4, -0.2) is 30.6 Å². The molecule has 3 rings (SSSR count). The van der Waals surface area contributed by atoms with Crippen molar-refractivity contribution in [3.63, 3.8) is 0 Å². The fourth-order valence-electron chi connectivity index (χ4n) is 3.09. The molecule has 1 N–H and O–H groups in total. The van der Waals surface area contributed by atoms with Crippen molar-refractivity contribution >= 4 is 0 Å². The number of nitrogens with zero attached hydrogens (tertiary/aromatic N) is 2. The third kappa shape index (κ3) is 3.82. The van der Waals surface area contributed by atoms with Crippen LogP contribution in [0.1, 0.15) is 36.8 Å². The third-order valence-corrected chi connectivity index (χ3v) is 4.32.